The third kappa shape index (κ3) is 3.26. The van der Waals surface area contributed by atoms with Crippen molar-refractivity contribution in [2.45, 2.75) is 13.3 Å². The predicted octanol–water partition coefficient (Wildman–Crippen LogP) is 0.179. The summed E-state index contributed by atoms with van der Waals surface area (Å²) in [7, 11) is 0. The van der Waals surface area contributed by atoms with Crippen LogP contribution in [0, 0.1) is 5.41 Å². The van der Waals surface area contributed by atoms with Gasteiger partial charge in [0.2, 0.25) is 0 Å². The van der Waals surface area contributed by atoms with Crippen molar-refractivity contribution in [3.05, 3.63) is 0 Å². The molecule has 0 heterocycles. The number of hydrogen-bond donors (Lipinski definition) is 2. The fourth-order valence-corrected chi connectivity index (χ4v) is 0.323. The first-order valence-corrected chi connectivity index (χ1v) is 2.33. The number of nitrogens with zero attached hydrogens (tertiary/aromatic N) is 1. The standard InChI is InChI=1S/C4H11N3/c1-2-3-7(6)4-5/h4-5H,2-3,6H2,1H3. The Morgan fingerprint density at radius 2 is 2.43 bits per heavy atom. The van der Waals surface area contributed by atoms with E-state index in [0.717, 1.165) is 19.3 Å². The second-order valence-electron chi connectivity index (χ2n) is 1.37. The smallest absolute Gasteiger partial charge is 0.0958 e. The number of rotatable bonds is 3. The molecule has 0 aromatic heterocycles. The summed E-state index contributed by atoms with van der Waals surface area (Å²) in [4.78, 5) is 0. The lowest BCUT2D eigenvalue weighted by Gasteiger charge is -2.07. The van der Waals surface area contributed by atoms with Crippen LogP contribution in [0.1, 0.15) is 13.3 Å². The number of nitrogens with two attached hydrogens (primary N) is 1. The zero-order valence-electron chi connectivity index (χ0n) is 4.52. The summed E-state index contributed by atoms with van der Waals surface area (Å²) < 4.78 is 0. The normalized spacial score (nSPS) is 8.29. The van der Waals surface area contributed by atoms with E-state index in [-0.39, 0.29) is 0 Å². The summed E-state index contributed by atoms with van der Waals surface area (Å²) in [5.74, 6) is 5.17. The van der Waals surface area contributed by atoms with E-state index in [1.165, 1.54) is 5.01 Å². The number of nitrogens with one attached hydrogen (secondary N) is 1. The molecule has 0 bridgehead atoms. The Bertz CT molecular complexity index is 52.9. The molecule has 3 N–H and O–H groups in total. The Morgan fingerprint density at radius 3 is 2.57 bits per heavy atom. The van der Waals surface area contributed by atoms with E-state index < -0.39 is 0 Å². The number of hydrogen-bond acceptors (Lipinski definition) is 2. The second-order valence-corrected chi connectivity index (χ2v) is 1.37. The highest BCUT2D eigenvalue weighted by molar-refractivity contribution is 5.49. The van der Waals surface area contributed by atoms with Crippen molar-refractivity contribution in [3.63, 3.8) is 0 Å². The summed E-state index contributed by atoms with van der Waals surface area (Å²) in [6.07, 6.45) is 2.11. The first-order chi connectivity index (χ1) is 3.31. The molecule has 7 heavy (non-hydrogen) atoms. The van der Waals surface area contributed by atoms with Crippen molar-refractivity contribution in [1.29, 1.82) is 5.41 Å². The van der Waals surface area contributed by atoms with E-state index in [1.807, 2.05) is 6.92 Å². The molecular formula is C4H11N3. The molecule has 3 heteroatoms. The van der Waals surface area contributed by atoms with Gasteiger partial charge in [0.1, 0.15) is 0 Å². The van der Waals surface area contributed by atoms with Gasteiger partial charge in [-0.15, -0.1) is 0 Å². The Kier molecular flexibility index (Phi) is 3.32. The minimum absolute atomic E-state index is 0.767. The van der Waals surface area contributed by atoms with Crippen molar-refractivity contribution in [3.8, 4) is 0 Å². The van der Waals surface area contributed by atoms with Crippen LogP contribution in [-0.2, 0) is 0 Å². The maximum atomic E-state index is 6.59. The molecule has 0 aliphatic heterocycles. The van der Waals surface area contributed by atoms with Gasteiger partial charge in [-0.2, -0.15) is 0 Å². The average molecular weight is 101 g/mol. The van der Waals surface area contributed by atoms with Crippen LogP contribution < -0.4 is 5.84 Å². The highest BCUT2D eigenvalue weighted by Crippen LogP contribution is 1.74. The van der Waals surface area contributed by atoms with E-state index in [9.17, 15) is 0 Å². The maximum absolute atomic E-state index is 6.59. The van der Waals surface area contributed by atoms with E-state index in [0.29, 0.717) is 0 Å². The van der Waals surface area contributed by atoms with E-state index in [4.69, 9.17) is 11.3 Å². The lowest BCUT2D eigenvalue weighted by molar-refractivity contribution is 0.449. The summed E-state index contributed by atoms with van der Waals surface area (Å²) in [5, 5.41) is 7.94. The lowest BCUT2D eigenvalue weighted by Crippen LogP contribution is -2.29. The van der Waals surface area contributed by atoms with Crippen molar-refractivity contribution in [1.82, 2.24) is 5.01 Å². The van der Waals surface area contributed by atoms with Crippen LogP contribution in [0.25, 0.3) is 0 Å². The highest BCUT2D eigenvalue weighted by atomic mass is 15.4. The van der Waals surface area contributed by atoms with Crippen LogP contribution in [-0.4, -0.2) is 17.9 Å². The quantitative estimate of drug-likeness (QED) is 0.230. The van der Waals surface area contributed by atoms with E-state index in [2.05, 4.69) is 0 Å². The van der Waals surface area contributed by atoms with Gasteiger partial charge in [0.15, 0.2) is 0 Å². The van der Waals surface area contributed by atoms with Crippen molar-refractivity contribution < 1.29 is 0 Å². The van der Waals surface area contributed by atoms with Crippen LogP contribution in [0.2, 0.25) is 0 Å². The summed E-state index contributed by atoms with van der Waals surface area (Å²) >= 11 is 0. The molecule has 0 unspecified atom stereocenters. The second kappa shape index (κ2) is 3.61. The van der Waals surface area contributed by atoms with Gasteiger partial charge in [-0.3, -0.25) is 5.41 Å². The molecule has 0 rings (SSSR count). The maximum Gasteiger partial charge on any atom is 0.0958 e. The Labute approximate surface area is 43.6 Å². The molecule has 0 aliphatic rings. The molecule has 0 saturated heterocycles. The van der Waals surface area contributed by atoms with E-state index in [1.54, 1.807) is 0 Å². The average Bonchev–Trinajstić information content (AvgIpc) is 1.68. The molecule has 0 spiro atoms. The molecule has 0 amide bonds. The van der Waals surface area contributed by atoms with Crippen molar-refractivity contribution in [2.75, 3.05) is 6.54 Å². The highest BCUT2D eigenvalue weighted by Gasteiger charge is 1.82. The molecule has 0 radical (unpaired) electrons. The third-order valence-electron chi connectivity index (χ3n) is 0.648. The molecule has 0 atom stereocenters. The minimum Gasteiger partial charge on any atom is -0.302 e. The first-order valence-electron chi connectivity index (χ1n) is 2.33. The topological polar surface area (TPSA) is 53.1 Å². The van der Waals surface area contributed by atoms with Gasteiger partial charge < -0.3 is 5.01 Å². The lowest BCUT2D eigenvalue weighted by atomic mass is 10.5. The molecule has 3 nitrogen and oxygen atoms in total. The van der Waals surface area contributed by atoms with Crippen LogP contribution in [0.3, 0.4) is 0 Å². The first kappa shape index (κ1) is 6.43. The molecule has 0 aliphatic carbocycles. The van der Waals surface area contributed by atoms with Crippen molar-refractivity contribution in [2.24, 2.45) is 5.84 Å². The van der Waals surface area contributed by atoms with Gasteiger partial charge in [0.05, 0.1) is 6.34 Å². The molecule has 0 aromatic carbocycles. The molecule has 42 valence electrons. The summed E-state index contributed by atoms with van der Waals surface area (Å²) in [6, 6.07) is 0. The van der Waals surface area contributed by atoms with Gasteiger partial charge in [-0.05, 0) is 6.42 Å². The Balaban J connectivity index is 2.98. The Hall–Kier alpha value is -0.570. The molecule has 0 fully saturated rings. The van der Waals surface area contributed by atoms with Crippen LogP contribution in [0.4, 0.5) is 0 Å². The van der Waals surface area contributed by atoms with Crippen LogP contribution in [0.5, 0.6) is 0 Å². The third-order valence-corrected chi connectivity index (χ3v) is 0.648. The summed E-state index contributed by atoms with van der Waals surface area (Å²) in [6.45, 7) is 2.78. The fourth-order valence-electron chi connectivity index (χ4n) is 0.323. The SMILES string of the molecule is CCCN(N)C=N. The van der Waals surface area contributed by atoms with Crippen LogP contribution >= 0.6 is 0 Å². The molecular weight excluding hydrogens is 90.1 g/mol. The minimum atomic E-state index is 0.767. The molecule has 0 aromatic rings. The monoisotopic (exact) mass is 101 g/mol. The van der Waals surface area contributed by atoms with Crippen molar-refractivity contribution >= 4 is 6.34 Å². The van der Waals surface area contributed by atoms with Crippen LogP contribution in [0.15, 0.2) is 0 Å². The van der Waals surface area contributed by atoms with Gasteiger partial charge in [-0.25, -0.2) is 5.84 Å². The number of hydrazine groups is 1. The van der Waals surface area contributed by atoms with Gasteiger partial charge in [0.25, 0.3) is 0 Å². The predicted molar refractivity (Wildman–Crippen MR) is 30.0 cm³/mol. The molecule has 0 saturated carbocycles. The zero-order valence-corrected chi connectivity index (χ0v) is 4.52. The van der Waals surface area contributed by atoms with Gasteiger partial charge in [0, 0.05) is 6.54 Å². The van der Waals surface area contributed by atoms with Gasteiger partial charge in [-0.1, -0.05) is 6.92 Å². The Morgan fingerprint density at radius 1 is 1.86 bits per heavy atom. The largest absolute Gasteiger partial charge is 0.302 e. The summed E-state index contributed by atoms with van der Waals surface area (Å²) in [5.41, 5.74) is 0. The fraction of sp³-hybridized carbons (Fsp3) is 0.750. The zero-order chi connectivity index (χ0) is 5.70. The van der Waals surface area contributed by atoms with E-state index >= 15 is 0 Å². The van der Waals surface area contributed by atoms with Gasteiger partial charge >= 0.3 is 0 Å².